The van der Waals surface area contributed by atoms with E-state index in [1.807, 2.05) is 0 Å². The van der Waals surface area contributed by atoms with Crippen molar-refractivity contribution in [3.05, 3.63) is 45.7 Å². The Kier molecular flexibility index (Phi) is 6.37. The van der Waals surface area contributed by atoms with Crippen molar-refractivity contribution in [2.24, 2.45) is 21.1 Å². The largest absolute Gasteiger partial charge is 0.460 e. The summed E-state index contributed by atoms with van der Waals surface area (Å²) in [6, 6.07) is 0. The molecule has 3 heterocycles. The van der Waals surface area contributed by atoms with E-state index in [-0.39, 0.29) is 6.61 Å². The van der Waals surface area contributed by atoms with E-state index in [9.17, 15) is 33.3 Å². The van der Waals surface area contributed by atoms with Gasteiger partial charge in [0.1, 0.15) is 6.20 Å². The summed E-state index contributed by atoms with van der Waals surface area (Å²) in [6.07, 6.45) is 0.981. The minimum Gasteiger partial charge on any atom is -0.460 e. The number of aromatic nitrogens is 6. The number of rotatable bonds is 7. The smallest absolute Gasteiger partial charge is 0.382 e. The Morgan fingerprint density at radius 2 is 1.47 bits per heavy atom. The summed E-state index contributed by atoms with van der Waals surface area (Å²) in [4.78, 5) is 57.7. The average Bonchev–Trinajstić information content (AvgIpc) is 3.39. The molecule has 17 heteroatoms. The van der Waals surface area contributed by atoms with Gasteiger partial charge in [-0.3, -0.25) is 24.0 Å². The van der Waals surface area contributed by atoms with Crippen molar-refractivity contribution < 1.29 is 32.8 Å². The third-order valence-electron chi connectivity index (χ3n) is 4.43. The molecule has 0 unspecified atom stereocenters. The number of hydrogen-bond acceptors (Lipinski definition) is 9. The molecule has 0 bridgehead atoms. The number of nitro groups is 1. The Bertz CT molecular complexity index is 1330. The van der Waals surface area contributed by atoms with Crippen LogP contribution < -0.4 is 10.6 Å². The predicted octanol–water partition coefficient (Wildman–Crippen LogP) is 0.755. The van der Waals surface area contributed by atoms with Crippen LogP contribution in [0.2, 0.25) is 0 Å². The number of ether oxygens (including phenoxy) is 1. The molecule has 3 aromatic heterocycles. The van der Waals surface area contributed by atoms with Crippen molar-refractivity contribution in [3.8, 4) is 0 Å². The Balaban J connectivity index is 1.83. The number of carbonyl (C=O) groups excluding carboxylic acids is 3. The van der Waals surface area contributed by atoms with Crippen molar-refractivity contribution >= 4 is 35.2 Å². The minimum atomic E-state index is -1.14. The van der Waals surface area contributed by atoms with Crippen LogP contribution in [0.1, 0.15) is 38.8 Å². The van der Waals surface area contributed by atoms with Crippen LogP contribution in [0.15, 0.2) is 6.20 Å². The molecule has 34 heavy (non-hydrogen) atoms. The standard InChI is InChI=1S/C17H17F2N9O6/c1-5-34-17(31)14-22-11(9(19)27(14)4)24-16(30)13-21-10(8(18)26(13)3)23-15(29)12-20-7(28(32)33)6-25(12)2/h6H,5H2,1-4H3,(H,23,29)(H,24,30). The number of anilines is 2. The molecule has 0 saturated heterocycles. The maximum atomic E-state index is 14.6. The van der Waals surface area contributed by atoms with Crippen LogP contribution in [-0.2, 0) is 25.9 Å². The van der Waals surface area contributed by atoms with E-state index in [1.165, 1.54) is 14.1 Å². The quantitative estimate of drug-likeness (QED) is 0.280. The van der Waals surface area contributed by atoms with Gasteiger partial charge in [-0.25, -0.2) is 14.8 Å². The fourth-order valence-corrected chi connectivity index (χ4v) is 2.77. The Hall–Kier alpha value is -4.70. The summed E-state index contributed by atoms with van der Waals surface area (Å²) in [5, 5.41) is 14.9. The van der Waals surface area contributed by atoms with Crippen LogP contribution >= 0.6 is 0 Å². The molecule has 2 amide bonds. The van der Waals surface area contributed by atoms with Gasteiger partial charge in [0.25, 0.3) is 5.91 Å². The maximum absolute atomic E-state index is 14.6. The van der Waals surface area contributed by atoms with Crippen molar-refractivity contribution in [2.75, 3.05) is 17.2 Å². The number of imidazole rings is 3. The number of carbonyl (C=O) groups is 3. The molecule has 2 N–H and O–H groups in total. The summed E-state index contributed by atoms with van der Waals surface area (Å²) in [5.74, 6) is -8.62. The van der Waals surface area contributed by atoms with Crippen molar-refractivity contribution in [2.45, 2.75) is 6.92 Å². The van der Waals surface area contributed by atoms with E-state index in [4.69, 9.17) is 4.74 Å². The summed E-state index contributed by atoms with van der Waals surface area (Å²) in [6.45, 7) is 1.56. The molecule has 0 aliphatic heterocycles. The summed E-state index contributed by atoms with van der Waals surface area (Å²) < 4.78 is 36.2. The van der Waals surface area contributed by atoms with E-state index in [2.05, 4.69) is 25.6 Å². The Morgan fingerprint density at radius 3 is 1.97 bits per heavy atom. The van der Waals surface area contributed by atoms with Crippen molar-refractivity contribution in [1.29, 1.82) is 0 Å². The molecule has 0 saturated carbocycles. The first-order valence-corrected chi connectivity index (χ1v) is 9.38. The summed E-state index contributed by atoms with van der Waals surface area (Å²) in [7, 11) is 3.60. The van der Waals surface area contributed by atoms with Gasteiger partial charge in [-0.2, -0.15) is 8.78 Å². The normalized spacial score (nSPS) is 10.8. The third-order valence-corrected chi connectivity index (χ3v) is 4.43. The average molecular weight is 481 g/mol. The molecule has 0 atom stereocenters. The van der Waals surface area contributed by atoms with Gasteiger partial charge in [-0.1, -0.05) is 0 Å². The number of nitrogens with one attached hydrogen (secondary N) is 2. The lowest BCUT2D eigenvalue weighted by Crippen LogP contribution is -2.19. The van der Waals surface area contributed by atoms with Crippen LogP contribution in [0, 0.1) is 22.0 Å². The molecular weight excluding hydrogens is 464 g/mol. The van der Waals surface area contributed by atoms with Gasteiger partial charge in [0.15, 0.2) is 11.6 Å². The fraction of sp³-hybridized carbons (Fsp3) is 0.294. The molecule has 0 fully saturated rings. The predicted molar refractivity (Wildman–Crippen MR) is 108 cm³/mol. The van der Waals surface area contributed by atoms with Gasteiger partial charge >= 0.3 is 23.5 Å². The lowest BCUT2D eigenvalue weighted by Gasteiger charge is -2.02. The van der Waals surface area contributed by atoms with Gasteiger partial charge in [0.2, 0.25) is 23.5 Å². The number of aryl methyl sites for hydroxylation is 1. The van der Waals surface area contributed by atoms with Crippen molar-refractivity contribution in [1.82, 2.24) is 28.7 Å². The van der Waals surface area contributed by atoms with Crippen LogP contribution in [0.5, 0.6) is 0 Å². The highest BCUT2D eigenvalue weighted by molar-refractivity contribution is 6.04. The molecule has 0 radical (unpaired) electrons. The zero-order valence-corrected chi connectivity index (χ0v) is 18.1. The first kappa shape index (κ1) is 24.0. The molecule has 0 aliphatic rings. The molecule has 0 spiro atoms. The van der Waals surface area contributed by atoms with Crippen LogP contribution in [0.4, 0.5) is 26.2 Å². The van der Waals surface area contributed by atoms with E-state index < -0.39 is 69.5 Å². The molecule has 15 nitrogen and oxygen atoms in total. The molecule has 3 aromatic rings. The van der Waals surface area contributed by atoms with Gasteiger partial charge in [-0.15, -0.1) is 0 Å². The second-order valence-electron chi connectivity index (χ2n) is 6.69. The maximum Gasteiger partial charge on any atom is 0.382 e. The molecule has 3 rings (SSSR count). The van der Waals surface area contributed by atoms with Gasteiger partial charge in [-0.05, 0) is 16.8 Å². The highest BCUT2D eigenvalue weighted by Crippen LogP contribution is 2.19. The van der Waals surface area contributed by atoms with Crippen LogP contribution in [0.3, 0.4) is 0 Å². The minimum absolute atomic E-state index is 0.0155. The fourth-order valence-electron chi connectivity index (χ4n) is 2.77. The Morgan fingerprint density at radius 1 is 0.971 bits per heavy atom. The second-order valence-corrected chi connectivity index (χ2v) is 6.69. The third kappa shape index (κ3) is 4.30. The van der Waals surface area contributed by atoms with E-state index in [0.29, 0.717) is 4.57 Å². The molecule has 180 valence electrons. The second kappa shape index (κ2) is 9.04. The van der Waals surface area contributed by atoms with Gasteiger partial charge in [0.05, 0.1) is 6.61 Å². The number of esters is 1. The summed E-state index contributed by atoms with van der Waals surface area (Å²) in [5.41, 5.74) is 0. The monoisotopic (exact) mass is 481 g/mol. The number of halogens is 2. The molecule has 0 aromatic carbocycles. The topological polar surface area (TPSA) is 181 Å². The lowest BCUT2D eigenvalue weighted by molar-refractivity contribution is -0.389. The zero-order valence-electron chi connectivity index (χ0n) is 18.1. The molecule has 0 aliphatic carbocycles. The Labute approximate surface area is 188 Å². The van der Waals surface area contributed by atoms with E-state index >= 15 is 0 Å². The number of amides is 2. The van der Waals surface area contributed by atoms with Gasteiger partial charge < -0.3 is 24.7 Å². The van der Waals surface area contributed by atoms with Gasteiger partial charge in [0, 0.05) is 21.1 Å². The first-order valence-electron chi connectivity index (χ1n) is 9.38. The van der Waals surface area contributed by atoms with E-state index in [1.54, 1.807) is 6.92 Å². The van der Waals surface area contributed by atoms with E-state index in [0.717, 1.165) is 22.4 Å². The first-order chi connectivity index (χ1) is 16.0. The van der Waals surface area contributed by atoms with Crippen LogP contribution in [-0.4, -0.2) is 58.0 Å². The highest BCUT2D eigenvalue weighted by atomic mass is 19.1. The lowest BCUT2D eigenvalue weighted by atomic mass is 10.5. The SMILES string of the molecule is CCOC(=O)c1nc(NC(=O)c2nc(NC(=O)c3nc([N+](=O)[O-])cn3C)c(F)n2C)c(F)n1C. The highest BCUT2D eigenvalue weighted by Gasteiger charge is 2.29. The zero-order chi connectivity index (χ0) is 25.3. The number of nitrogens with zero attached hydrogens (tertiary/aromatic N) is 7. The van der Waals surface area contributed by atoms with Crippen LogP contribution in [0.25, 0.3) is 0 Å². The summed E-state index contributed by atoms with van der Waals surface area (Å²) >= 11 is 0. The molecular formula is C17H17F2N9O6. The number of hydrogen-bond donors (Lipinski definition) is 2. The van der Waals surface area contributed by atoms with Crippen molar-refractivity contribution in [3.63, 3.8) is 0 Å².